The Kier molecular flexibility index (Phi) is 8.54. The SMILES string of the molecule is CN(C)C(=O)CN=C(NC1CCC(=O)N(C)C1)NC1CCOc2ccccc21.I. The minimum absolute atomic E-state index is 0. The summed E-state index contributed by atoms with van der Waals surface area (Å²) in [7, 11) is 5.24. The highest BCUT2D eigenvalue weighted by Gasteiger charge is 2.26. The molecule has 0 aliphatic carbocycles. The van der Waals surface area contributed by atoms with E-state index < -0.39 is 0 Å². The van der Waals surface area contributed by atoms with Crippen molar-refractivity contribution in [2.75, 3.05) is 40.8 Å². The number of piperidine rings is 1. The number of aliphatic imine (C=N–C) groups is 1. The van der Waals surface area contributed by atoms with Gasteiger partial charge in [-0.3, -0.25) is 9.59 Å². The summed E-state index contributed by atoms with van der Waals surface area (Å²) >= 11 is 0. The van der Waals surface area contributed by atoms with Gasteiger partial charge in [0.05, 0.1) is 12.6 Å². The number of rotatable bonds is 4. The number of ether oxygens (including phenoxy) is 1. The molecule has 1 aromatic rings. The van der Waals surface area contributed by atoms with Crippen LogP contribution in [0, 0.1) is 0 Å². The maximum Gasteiger partial charge on any atom is 0.243 e. The number of likely N-dealkylation sites (N-methyl/N-ethyl adjacent to an activating group) is 2. The molecule has 2 N–H and O–H groups in total. The van der Waals surface area contributed by atoms with Crippen LogP contribution < -0.4 is 15.4 Å². The van der Waals surface area contributed by atoms with E-state index >= 15 is 0 Å². The second-order valence-electron chi connectivity index (χ2n) is 7.48. The number of fused-ring (bicyclic) bond motifs is 1. The third-order valence-corrected chi connectivity index (χ3v) is 5.11. The van der Waals surface area contributed by atoms with Crippen LogP contribution in [0.5, 0.6) is 5.75 Å². The van der Waals surface area contributed by atoms with Gasteiger partial charge in [-0.2, -0.15) is 0 Å². The molecule has 3 rings (SSSR count). The average molecular weight is 515 g/mol. The molecular formula is C20H30IN5O3. The van der Waals surface area contributed by atoms with Crippen molar-refractivity contribution in [2.45, 2.75) is 31.3 Å². The van der Waals surface area contributed by atoms with Crippen LogP contribution >= 0.6 is 24.0 Å². The molecule has 2 amide bonds. The van der Waals surface area contributed by atoms with E-state index in [0.717, 1.165) is 24.2 Å². The predicted molar refractivity (Wildman–Crippen MR) is 123 cm³/mol. The Balaban J connectivity index is 0.00000300. The van der Waals surface area contributed by atoms with Gasteiger partial charge in [0.15, 0.2) is 5.96 Å². The monoisotopic (exact) mass is 515 g/mol. The van der Waals surface area contributed by atoms with E-state index in [1.54, 1.807) is 19.0 Å². The van der Waals surface area contributed by atoms with Crippen molar-refractivity contribution in [3.63, 3.8) is 0 Å². The van der Waals surface area contributed by atoms with Gasteiger partial charge >= 0.3 is 0 Å². The van der Waals surface area contributed by atoms with E-state index in [9.17, 15) is 9.59 Å². The molecule has 0 radical (unpaired) electrons. The number of carbonyl (C=O) groups excluding carboxylic acids is 2. The van der Waals surface area contributed by atoms with Crippen molar-refractivity contribution >= 4 is 41.8 Å². The number of hydrogen-bond donors (Lipinski definition) is 2. The van der Waals surface area contributed by atoms with Crippen molar-refractivity contribution < 1.29 is 14.3 Å². The molecule has 0 saturated carbocycles. The highest BCUT2D eigenvalue weighted by atomic mass is 127. The number of para-hydroxylation sites is 1. The van der Waals surface area contributed by atoms with Gasteiger partial charge in [0, 0.05) is 52.1 Å². The van der Waals surface area contributed by atoms with Gasteiger partial charge < -0.3 is 25.2 Å². The summed E-state index contributed by atoms with van der Waals surface area (Å²) in [5.41, 5.74) is 1.08. The molecule has 0 spiro atoms. The Bertz CT molecular complexity index is 755. The van der Waals surface area contributed by atoms with Gasteiger partial charge in [-0.15, -0.1) is 24.0 Å². The van der Waals surface area contributed by atoms with Crippen LogP contribution in [-0.2, 0) is 9.59 Å². The number of likely N-dealkylation sites (tertiary alicyclic amines) is 1. The fraction of sp³-hybridized carbons (Fsp3) is 0.550. The number of nitrogens with zero attached hydrogens (tertiary/aromatic N) is 3. The van der Waals surface area contributed by atoms with Crippen LogP contribution in [0.15, 0.2) is 29.3 Å². The molecule has 8 nitrogen and oxygen atoms in total. The van der Waals surface area contributed by atoms with Crippen LogP contribution in [0.4, 0.5) is 0 Å². The predicted octanol–water partition coefficient (Wildman–Crippen LogP) is 1.37. The summed E-state index contributed by atoms with van der Waals surface area (Å²) in [6.07, 6.45) is 2.07. The molecule has 0 aromatic heterocycles. The van der Waals surface area contributed by atoms with E-state index in [4.69, 9.17) is 4.74 Å². The van der Waals surface area contributed by atoms with Crippen LogP contribution in [0.1, 0.15) is 30.9 Å². The first-order valence-electron chi connectivity index (χ1n) is 9.67. The van der Waals surface area contributed by atoms with Gasteiger partial charge in [-0.05, 0) is 12.5 Å². The first-order chi connectivity index (χ1) is 13.4. The zero-order valence-electron chi connectivity index (χ0n) is 17.2. The number of hydrogen-bond acceptors (Lipinski definition) is 4. The normalized spacial score (nSPS) is 21.4. The summed E-state index contributed by atoms with van der Waals surface area (Å²) < 4.78 is 5.74. The summed E-state index contributed by atoms with van der Waals surface area (Å²) in [6.45, 7) is 1.31. The Morgan fingerprint density at radius 1 is 1.28 bits per heavy atom. The van der Waals surface area contributed by atoms with Crippen molar-refractivity contribution in [1.82, 2.24) is 20.4 Å². The number of nitrogens with one attached hydrogen (secondary N) is 2. The van der Waals surface area contributed by atoms with E-state index in [-0.39, 0.29) is 54.4 Å². The van der Waals surface area contributed by atoms with Gasteiger partial charge in [0.1, 0.15) is 12.3 Å². The van der Waals surface area contributed by atoms with Gasteiger partial charge in [0.25, 0.3) is 0 Å². The highest BCUT2D eigenvalue weighted by Crippen LogP contribution is 2.31. The third kappa shape index (κ3) is 6.22. The maximum absolute atomic E-state index is 12.0. The smallest absolute Gasteiger partial charge is 0.243 e. The minimum atomic E-state index is -0.0654. The zero-order valence-corrected chi connectivity index (χ0v) is 19.5. The quantitative estimate of drug-likeness (QED) is 0.360. The van der Waals surface area contributed by atoms with E-state index in [1.807, 2.05) is 31.3 Å². The number of guanidine groups is 1. The molecule has 1 fully saturated rings. The average Bonchev–Trinajstić information content (AvgIpc) is 2.69. The number of amides is 2. The summed E-state index contributed by atoms with van der Waals surface area (Å²) in [4.78, 5) is 31.5. The molecule has 1 saturated heterocycles. The highest BCUT2D eigenvalue weighted by molar-refractivity contribution is 14.0. The van der Waals surface area contributed by atoms with Crippen molar-refractivity contribution in [1.29, 1.82) is 0 Å². The lowest BCUT2D eigenvalue weighted by Crippen LogP contribution is -2.52. The van der Waals surface area contributed by atoms with E-state index in [2.05, 4.69) is 15.6 Å². The molecule has 2 heterocycles. The second-order valence-corrected chi connectivity index (χ2v) is 7.48. The largest absolute Gasteiger partial charge is 0.493 e. The molecule has 160 valence electrons. The van der Waals surface area contributed by atoms with E-state index in [1.165, 1.54) is 4.90 Å². The number of halogens is 1. The molecular weight excluding hydrogens is 485 g/mol. The topological polar surface area (TPSA) is 86.3 Å². The number of benzene rings is 1. The first-order valence-corrected chi connectivity index (χ1v) is 9.67. The zero-order chi connectivity index (χ0) is 20.1. The molecule has 2 unspecified atom stereocenters. The molecule has 2 aliphatic rings. The first kappa shape index (κ1) is 23.2. The Morgan fingerprint density at radius 2 is 2.03 bits per heavy atom. The van der Waals surface area contributed by atoms with Gasteiger partial charge in [-0.1, -0.05) is 18.2 Å². The lowest BCUT2D eigenvalue weighted by atomic mass is 10.0. The molecule has 29 heavy (non-hydrogen) atoms. The molecule has 9 heteroatoms. The van der Waals surface area contributed by atoms with Crippen LogP contribution in [0.3, 0.4) is 0 Å². The molecule has 0 bridgehead atoms. The standard InChI is InChI=1S/C20H29N5O3.HI/c1-24(2)19(27)12-21-20(22-14-8-9-18(26)25(3)13-14)23-16-10-11-28-17-7-5-4-6-15(16)17;/h4-7,14,16H,8-13H2,1-3H3,(H2,21,22,23);1H. The second kappa shape index (κ2) is 10.7. The third-order valence-electron chi connectivity index (χ3n) is 5.11. The Labute approximate surface area is 189 Å². The lowest BCUT2D eigenvalue weighted by Gasteiger charge is -2.33. The summed E-state index contributed by atoms with van der Waals surface area (Å²) in [6, 6.07) is 8.10. The van der Waals surface area contributed by atoms with Crippen molar-refractivity contribution in [3.8, 4) is 5.75 Å². The van der Waals surface area contributed by atoms with Crippen molar-refractivity contribution in [3.05, 3.63) is 29.8 Å². The van der Waals surface area contributed by atoms with Crippen LogP contribution in [0.2, 0.25) is 0 Å². The van der Waals surface area contributed by atoms with Gasteiger partial charge in [0.2, 0.25) is 11.8 Å². The Morgan fingerprint density at radius 3 is 2.76 bits per heavy atom. The van der Waals surface area contributed by atoms with Crippen LogP contribution in [0.25, 0.3) is 0 Å². The molecule has 1 aromatic carbocycles. The van der Waals surface area contributed by atoms with Gasteiger partial charge in [-0.25, -0.2) is 4.99 Å². The molecule has 2 atom stereocenters. The Hall–Kier alpha value is -2.04. The minimum Gasteiger partial charge on any atom is -0.493 e. The fourth-order valence-corrected chi connectivity index (χ4v) is 3.40. The fourth-order valence-electron chi connectivity index (χ4n) is 3.40. The summed E-state index contributed by atoms with van der Waals surface area (Å²) in [5.74, 6) is 1.55. The maximum atomic E-state index is 12.0. The van der Waals surface area contributed by atoms with Crippen LogP contribution in [-0.4, -0.2) is 74.5 Å². The van der Waals surface area contributed by atoms with Crippen molar-refractivity contribution in [2.24, 2.45) is 4.99 Å². The van der Waals surface area contributed by atoms with E-state index in [0.29, 0.717) is 25.5 Å². The summed E-state index contributed by atoms with van der Waals surface area (Å²) in [5, 5.41) is 6.88. The lowest BCUT2D eigenvalue weighted by molar-refractivity contribution is -0.132. The number of carbonyl (C=O) groups is 2. The molecule has 2 aliphatic heterocycles.